The number of nitrogens with one attached hydrogen (secondary N) is 1. The van der Waals surface area contributed by atoms with Crippen molar-refractivity contribution in [3.8, 4) is 0 Å². The molecule has 1 aliphatic rings. The number of nitrogen functional groups attached to an aromatic ring is 1. The summed E-state index contributed by atoms with van der Waals surface area (Å²) >= 11 is 6.08. The summed E-state index contributed by atoms with van der Waals surface area (Å²) in [5.41, 5.74) is 8.67. The van der Waals surface area contributed by atoms with Crippen LogP contribution < -0.4 is 16.0 Å². The van der Waals surface area contributed by atoms with Crippen LogP contribution in [-0.2, 0) is 9.53 Å². The Hall–Kier alpha value is -2.54. The zero-order valence-corrected chi connectivity index (χ0v) is 15.6. The number of benzene rings is 1. The lowest BCUT2D eigenvalue weighted by Gasteiger charge is -2.32. The molecule has 2 heterocycles. The number of piperidine rings is 1. The molecule has 3 rings (SSSR count). The summed E-state index contributed by atoms with van der Waals surface area (Å²) in [7, 11) is 1.42. The number of ether oxygens (including phenoxy) is 1. The fourth-order valence-electron chi connectivity index (χ4n) is 3.09. The smallest absolute Gasteiger partial charge is 0.308 e. The van der Waals surface area contributed by atoms with Crippen LogP contribution in [0.1, 0.15) is 18.4 Å². The van der Waals surface area contributed by atoms with E-state index in [-0.39, 0.29) is 11.9 Å². The monoisotopic (exact) mass is 375 g/mol. The topological polar surface area (TPSA) is 93.4 Å². The predicted molar refractivity (Wildman–Crippen MR) is 103 cm³/mol. The molecule has 1 saturated heterocycles. The molecule has 138 valence electrons. The zero-order valence-electron chi connectivity index (χ0n) is 14.8. The number of rotatable bonds is 4. The van der Waals surface area contributed by atoms with E-state index in [0.717, 1.165) is 11.3 Å². The Morgan fingerprint density at radius 1 is 1.35 bits per heavy atom. The molecule has 0 radical (unpaired) electrons. The molecule has 7 nitrogen and oxygen atoms in total. The normalized spacial score (nSPS) is 15.0. The summed E-state index contributed by atoms with van der Waals surface area (Å²) in [4.78, 5) is 22.4. The lowest BCUT2D eigenvalue weighted by molar-refractivity contribution is -0.146. The van der Waals surface area contributed by atoms with Crippen molar-refractivity contribution in [3.05, 3.63) is 35.1 Å². The number of nitrogens with two attached hydrogens (primary N) is 1. The first-order valence-corrected chi connectivity index (χ1v) is 8.83. The minimum Gasteiger partial charge on any atom is -0.469 e. The van der Waals surface area contributed by atoms with Crippen LogP contribution in [-0.4, -0.2) is 36.1 Å². The van der Waals surface area contributed by atoms with Crippen molar-refractivity contribution in [2.24, 2.45) is 5.92 Å². The highest BCUT2D eigenvalue weighted by Crippen LogP contribution is 2.32. The van der Waals surface area contributed by atoms with Crippen LogP contribution in [0.25, 0.3) is 0 Å². The SMILES string of the molecule is COC(=O)C1CCN(c2ncnc(Nc3cc(Cl)ccc3C)c2N)CC1. The third-order valence-corrected chi connectivity index (χ3v) is 4.88. The average molecular weight is 376 g/mol. The van der Waals surface area contributed by atoms with E-state index in [2.05, 4.69) is 20.2 Å². The number of hydrogen-bond acceptors (Lipinski definition) is 7. The number of anilines is 4. The van der Waals surface area contributed by atoms with Gasteiger partial charge in [-0.2, -0.15) is 0 Å². The molecule has 3 N–H and O–H groups in total. The Bertz CT molecular complexity index is 806. The van der Waals surface area contributed by atoms with Crippen LogP contribution in [0.3, 0.4) is 0 Å². The summed E-state index contributed by atoms with van der Waals surface area (Å²) in [6.45, 7) is 3.36. The molecule has 0 aliphatic carbocycles. The molecule has 1 fully saturated rings. The van der Waals surface area contributed by atoms with Crippen molar-refractivity contribution >= 4 is 40.6 Å². The molecule has 1 aliphatic heterocycles. The highest BCUT2D eigenvalue weighted by Gasteiger charge is 2.27. The molecule has 0 spiro atoms. The zero-order chi connectivity index (χ0) is 18.7. The van der Waals surface area contributed by atoms with E-state index < -0.39 is 0 Å². The Morgan fingerprint density at radius 3 is 2.77 bits per heavy atom. The number of esters is 1. The minimum absolute atomic E-state index is 0.0639. The molecule has 0 atom stereocenters. The number of nitrogens with zero attached hydrogens (tertiary/aromatic N) is 3. The summed E-state index contributed by atoms with van der Waals surface area (Å²) in [5.74, 6) is 0.992. The molecular formula is C18H22ClN5O2. The maximum Gasteiger partial charge on any atom is 0.308 e. The van der Waals surface area contributed by atoms with Gasteiger partial charge in [0, 0.05) is 23.8 Å². The molecular weight excluding hydrogens is 354 g/mol. The molecule has 8 heteroatoms. The highest BCUT2D eigenvalue weighted by atomic mass is 35.5. The predicted octanol–water partition coefficient (Wildman–Crippen LogP) is 3.15. The molecule has 0 saturated carbocycles. The van der Waals surface area contributed by atoms with Gasteiger partial charge >= 0.3 is 5.97 Å². The van der Waals surface area contributed by atoms with E-state index in [9.17, 15) is 4.79 Å². The van der Waals surface area contributed by atoms with Crippen molar-refractivity contribution in [2.45, 2.75) is 19.8 Å². The average Bonchev–Trinajstić information content (AvgIpc) is 2.66. The third-order valence-electron chi connectivity index (χ3n) is 4.64. The number of carbonyl (C=O) groups excluding carboxylic acids is 1. The maximum atomic E-state index is 11.7. The van der Waals surface area contributed by atoms with Crippen LogP contribution >= 0.6 is 11.6 Å². The van der Waals surface area contributed by atoms with E-state index in [1.54, 1.807) is 0 Å². The Labute approximate surface area is 157 Å². The van der Waals surface area contributed by atoms with E-state index in [1.807, 2.05) is 25.1 Å². The van der Waals surface area contributed by atoms with Crippen LogP contribution in [0, 0.1) is 12.8 Å². The fourth-order valence-corrected chi connectivity index (χ4v) is 3.26. The van der Waals surface area contributed by atoms with Gasteiger partial charge in [-0.05, 0) is 37.5 Å². The summed E-state index contributed by atoms with van der Waals surface area (Å²) in [6, 6.07) is 5.60. The van der Waals surface area contributed by atoms with Gasteiger partial charge in [0.2, 0.25) is 0 Å². The van der Waals surface area contributed by atoms with Crippen molar-refractivity contribution in [2.75, 3.05) is 36.1 Å². The Morgan fingerprint density at radius 2 is 2.08 bits per heavy atom. The standard InChI is InChI=1S/C18H22ClN5O2/c1-11-3-4-13(19)9-14(11)23-16-15(20)17(22-10-21-16)24-7-5-12(6-8-24)18(25)26-2/h3-4,9-10,12H,5-8,20H2,1-2H3,(H,21,22,23). The number of methoxy groups -OCH3 is 1. The number of halogens is 1. The summed E-state index contributed by atoms with van der Waals surface area (Å²) < 4.78 is 4.83. The number of carbonyl (C=O) groups is 1. The Balaban J connectivity index is 1.78. The summed E-state index contributed by atoms with van der Waals surface area (Å²) in [5, 5.41) is 3.87. The highest BCUT2D eigenvalue weighted by molar-refractivity contribution is 6.30. The maximum absolute atomic E-state index is 11.7. The minimum atomic E-state index is -0.154. The molecule has 0 unspecified atom stereocenters. The van der Waals surface area contributed by atoms with Gasteiger partial charge in [0.1, 0.15) is 12.0 Å². The molecule has 1 aromatic heterocycles. The van der Waals surface area contributed by atoms with Crippen LogP contribution in [0.2, 0.25) is 5.02 Å². The number of aryl methyl sites for hydroxylation is 1. The van der Waals surface area contributed by atoms with Gasteiger partial charge in [0.25, 0.3) is 0 Å². The lowest BCUT2D eigenvalue weighted by atomic mass is 9.97. The van der Waals surface area contributed by atoms with Crippen molar-refractivity contribution in [1.29, 1.82) is 0 Å². The van der Waals surface area contributed by atoms with Crippen molar-refractivity contribution < 1.29 is 9.53 Å². The quantitative estimate of drug-likeness (QED) is 0.792. The second kappa shape index (κ2) is 7.78. The van der Waals surface area contributed by atoms with Gasteiger partial charge < -0.3 is 20.7 Å². The lowest BCUT2D eigenvalue weighted by Crippen LogP contribution is -2.37. The fraction of sp³-hybridized carbons (Fsp3) is 0.389. The van der Waals surface area contributed by atoms with Crippen LogP contribution in [0.4, 0.5) is 23.0 Å². The van der Waals surface area contributed by atoms with E-state index >= 15 is 0 Å². The Kier molecular flexibility index (Phi) is 5.46. The van der Waals surface area contributed by atoms with Gasteiger partial charge in [-0.1, -0.05) is 17.7 Å². The molecule has 2 aromatic rings. The van der Waals surface area contributed by atoms with Crippen molar-refractivity contribution in [3.63, 3.8) is 0 Å². The van der Waals surface area contributed by atoms with Gasteiger partial charge in [0.05, 0.1) is 13.0 Å². The first-order chi connectivity index (χ1) is 12.5. The van der Waals surface area contributed by atoms with E-state index in [0.29, 0.717) is 48.3 Å². The van der Waals surface area contributed by atoms with Gasteiger partial charge in [-0.25, -0.2) is 9.97 Å². The number of aromatic nitrogens is 2. The van der Waals surface area contributed by atoms with Gasteiger partial charge in [-0.15, -0.1) is 0 Å². The third kappa shape index (κ3) is 3.83. The van der Waals surface area contributed by atoms with Crippen molar-refractivity contribution in [1.82, 2.24) is 9.97 Å². The molecule has 0 amide bonds. The van der Waals surface area contributed by atoms with Gasteiger partial charge in [0.15, 0.2) is 11.6 Å². The van der Waals surface area contributed by atoms with Crippen LogP contribution in [0.15, 0.2) is 24.5 Å². The largest absolute Gasteiger partial charge is 0.469 e. The molecule has 0 bridgehead atoms. The van der Waals surface area contributed by atoms with E-state index in [1.165, 1.54) is 13.4 Å². The molecule has 26 heavy (non-hydrogen) atoms. The molecule has 1 aromatic carbocycles. The second-order valence-electron chi connectivity index (χ2n) is 6.33. The number of hydrogen-bond donors (Lipinski definition) is 2. The van der Waals surface area contributed by atoms with E-state index in [4.69, 9.17) is 22.1 Å². The first-order valence-electron chi connectivity index (χ1n) is 8.46. The first kappa shape index (κ1) is 18.3. The second-order valence-corrected chi connectivity index (χ2v) is 6.76. The summed E-state index contributed by atoms with van der Waals surface area (Å²) in [6.07, 6.45) is 2.92. The van der Waals surface area contributed by atoms with Gasteiger partial charge in [-0.3, -0.25) is 4.79 Å². The van der Waals surface area contributed by atoms with Crippen LogP contribution in [0.5, 0.6) is 0 Å².